The van der Waals surface area contributed by atoms with Gasteiger partial charge in [0.2, 0.25) is 0 Å². The molecule has 0 aromatic heterocycles. The van der Waals surface area contributed by atoms with Crippen LogP contribution in [-0.2, 0) is 0 Å². The molecule has 0 atom stereocenters. The highest BCUT2D eigenvalue weighted by molar-refractivity contribution is 5.46. The molecule has 3 heteroatoms. The summed E-state index contributed by atoms with van der Waals surface area (Å²) in [4.78, 5) is 5.07. The number of para-hydroxylation sites is 1. The van der Waals surface area contributed by atoms with Crippen molar-refractivity contribution in [2.75, 3.05) is 31.6 Å². The van der Waals surface area contributed by atoms with Crippen LogP contribution in [0.2, 0.25) is 0 Å². The first kappa shape index (κ1) is 16.3. The lowest BCUT2D eigenvalue weighted by atomic mass is 9.84. The Kier molecular flexibility index (Phi) is 5.65. The average molecular weight is 289 g/mol. The number of hydrogen-bond donors (Lipinski definition) is 1. The number of anilines is 1. The van der Waals surface area contributed by atoms with Crippen LogP contribution < -0.4 is 10.6 Å². The second-order valence-corrected chi connectivity index (χ2v) is 6.33. The highest BCUT2D eigenvalue weighted by atomic mass is 15.2. The molecular weight excluding hydrogens is 258 g/mol. The van der Waals surface area contributed by atoms with E-state index in [2.05, 4.69) is 61.0 Å². The van der Waals surface area contributed by atoms with Crippen LogP contribution in [0, 0.1) is 0 Å². The fourth-order valence-corrected chi connectivity index (χ4v) is 3.74. The van der Waals surface area contributed by atoms with Gasteiger partial charge < -0.3 is 10.6 Å². The number of piperidine rings is 1. The maximum absolute atomic E-state index is 6.21. The Morgan fingerprint density at radius 3 is 2.19 bits per heavy atom. The van der Waals surface area contributed by atoms with Gasteiger partial charge in [-0.1, -0.05) is 32.0 Å². The van der Waals surface area contributed by atoms with Crippen molar-refractivity contribution in [3.8, 4) is 0 Å². The molecule has 0 radical (unpaired) electrons. The van der Waals surface area contributed by atoms with Crippen molar-refractivity contribution in [3.63, 3.8) is 0 Å². The van der Waals surface area contributed by atoms with Crippen LogP contribution in [0.3, 0.4) is 0 Å². The van der Waals surface area contributed by atoms with Crippen molar-refractivity contribution in [1.82, 2.24) is 4.90 Å². The van der Waals surface area contributed by atoms with Gasteiger partial charge in [0.25, 0.3) is 0 Å². The molecule has 2 N–H and O–H groups in total. The molecule has 1 aromatic rings. The van der Waals surface area contributed by atoms with Crippen LogP contribution in [0.4, 0.5) is 5.69 Å². The van der Waals surface area contributed by atoms with Gasteiger partial charge in [-0.25, -0.2) is 0 Å². The number of hydrogen-bond acceptors (Lipinski definition) is 3. The Bertz CT molecular complexity index is 406. The summed E-state index contributed by atoms with van der Waals surface area (Å²) in [6, 6.07) is 11.4. The summed E-state index contributed by atoms with van der Waals surface area (Å²) in [6.45, 7) is 7.54. The van der Waals surface area contributed by atoms with Gasteiger partial charge in [0.05, 0.1) is 0 Å². The quantitative estimate of drug-likeness (QED) is 0.873. The van der Waals surface area contributed by atoms with E-state index in [0.29, 0.717) is 6.04 Å². The molecule has 0 spiro atoms. The lowest BCUT2D eigenvalue weighted by molar-refractivity contribution is 0.0506. The standard InChI is InChI=1S/C18H31N3/c1-4-16(5-2)20(3)18(15-19)11-13-21(14-12-18)17-9-7-6-8-10-17/h6-10,16H,4-5,11-15,19H2,1-3H3. The second kappa shape index (κ2) is 7.28. The van der Waals surface area contributed by atoms with Gasteiger partial charge in [0.15, 0.2) is 0 Å². The van der Waals surface area contributed by atoms with Crippen LogP contribution in [0.5, 0.6) is 0 Å². The van der Waals surface area contributed by atoms with Gasteiger partial charge in [-0.15, -0.1) is 0 Å². The van der Waals surface area contributed by atoms with Gasteiger partial charge in [-0.2, -0.15) is 0 Å². The lowest BCUT2D eigenvalue weighted by Gasteiger charge is -2.50. The van der Waals surface area contributed by atoms with Gasteiger partial charge >= 0.3 is 0 Å². The average Bonchev–Trinajstić information content (AvgIpc) is 2.56. The predicted molar refractivity (Wildman–Crippen MR) is 91.8 cm³/mol. The smallest absolute Gasteiger partial charge is 0.0366 e. The van der Waals surface area contributed by atoms with E-state index in [0.717, 1.165) is 32.5 Å². The molecule has 1 aromatic carbocycles. The Labute approximate surface area is 130 Å². The third-order valence-electron chi connectivity index (χ3n) is 5.43. The van der Waals surface area contributed by atoms with Gasteiger partial charge in [-0.05, 0) is 44.9 Å². The zero-order valence-corrected chi connectivity index (χ0v) is 13.9. The lowest BCUT2D eigenvalue weighted by Crippen LogP contribution is -2.60. The molecule has 0 aliphatic carbocycles. The Hall–Kier alpha value is -1.06. The molecule has 0 saturated carbocycles. The van der Waals surface area contributed by atoms with E-state index in [-0.39, 0.29) is 5.54 Å². The summed E-state index contributed by atoms with van der Waals surface area (Å²) < 4.78 is 0. The predicted octanol–water partition coefficient (Wildman–Crippen LogP) is 3.10. The first-order chi connectivity index (χ1) is 10.2. The fraction of sp³-hybridized carbons (Fsp3) is 0.667. The minimum atomic E-state index is 0.183. The van der Waals surface area contributed by atoms with E-state index in [9.17, 15) is 0 Å². The Morgan fingerprint density at radius 1 is 1.14 bits per heavy atom. The molecule has 118 valence electrons. The van der Waals surface area contributed by atoms with Crippen LogP contribution in [-0.4, -0.2) is 43.2 Å². The maximum Gasteiger partial charge on any atom is 0.0366 e. The van der Waals surface area contributed by atoms with E-state index in [4.69, 9.17) is 5.73 Å². The molecule has 0 unspecified atom stereocenters. The number of nitrogens with two attached hydrogens (primary N) is 1. The van der Waals surface area contributed by atoms with Gasteiger partial charge in [0, 0.05) is 36.9 Å². The minimum Gasteiger partial charge on any atom is -0.371 e. The summed E-state index contributed by atoms with van der Waals surface area (Å²) in [6.07, 6.45) is 4.73. The summed E-state index contributed by atoms with van der Waals surface area (Å²) in [5.74, 6) is 0. The topological polar surface area (TPSA) is 32.5 Å². The van der Waals surface area contributed by atoms with Crippen molar-refractivity contribution in [3.05, 3.63) is 30.3 Å². The highest BCUT2D eigenvalue weighted by Crippen LogP contribution is 2.32. The number of rotatable bonds is 6. The SMILES string of the molecule is CCC(CC)N(C)C1(CN)CCN(c2ccccc2)CC1. The monoisotopic (exact) mass is 289 g/mol. The minimum absolute atomic E-state index is 0.183. The summed E-state index contributed by atoms with van der Waals surface area (Å²) >= 11 is 0. The van der Waals surface area contributed by atoms with E-state index in [1.807, 2.05) is 0 Å². The van der Waals surface area contributed by atoms with Crippen molar-refractivity contribution in [1.29, 1.82) is 0 Å². The molecular formula is C18H31N3. The van der Waals surface area contributed by atoms with Crippen LogP contribution in [0.1, 0.15) is 39.5 Å². The molecule has 21 heavy (non-hydrogen) atoms. The summed E-state index contributed by atoms with van der Waals surface area (Å²) in [5, 5.41) is 0. The summed E-state index contributed by atoms with van der Waals surface area (Å²) in [5.41, 5.74) is 7.73. The highest BCUT2D eigenvalue weighted by Gasteiger charge is 2.39. The van der Waals surface area contributed by atoms with Gasteiger partial charge in [-0.3, -0.25) is 4.90 Å². The Morgan fingerprint density at radius 2 is 1.71 bits per heavy atom. The third-order valence-corrected chi connectivity index (χ3v) is 5.43. The van der Waals surface area contributed by atoms with Crippen molar-refractivity contribution in [2.24, 2.45) is 5.73 Å². The largest absolute Gasteiger partial charge is 0.371 e. The van der Waals surface area contributed by atoms with E-state index >= 15 is 0 Å². The molecule has 0 amide bonds. The van der Waals surface area contributed by atoms with Crippen LogP contribution in [0.25, 0.3) is 0 Å². The number of nitrogens with zero attached hydrogens (tertiary/aromatic N) is 2. The zero-order chi connectivity index (χ0) is 15.3. The molecule has 1 fully saturated rings. The molecule has 3 nitrogen and oxygen atoms in total. The van der Waals surface area contributed by atoms with Crippen molar-refractivity contribution < 1.29 is 0 Å². The molecule has 1 aliphatic rings. The zero-order valence-electron chi connectivity index (χ0n) is 13.9. The fourth-order valence-electron chi connectivity index (χ4n) is 3.74. The Balaban J connectivity index is 2.05. The second-order valence-electron chi connectivity index (χ2n) is 6.33. The molecule has 1 heterocycles. The third kappa shape index (κ3) is 3.41. The van der Waals surface area contributed by atoms with Crippen molar-refractivity contribution in [2.45, 2.75) is 51.1 Å². The summed E-state index contributed by atoms with van der Waals surface area (Å²) in [7, 11) is 2.28. The molecule has 0 bridgehead atoms. The van der Waals surface area contributed by atoms with Crippen LogP contribution >= 0.6 is 0 Å². The molecule has 1 aliphatic heterocycles. The number of benzene rings is 1. The first-order valence-corrected chi connectivity index (χ1v) is 8.40. The normalized spacial score (nSPS) is 18.5. The van der Waals surface area contributed by atoms with E-state index in [1.54, 1.807) is 0 Å². The first-order valence-electron chi connectivity index (χ1n) is 8.40. The molecule has 1 saturated heterocycles. The van der Waals surface area contributed by atoms with E-state index in [1.165, 1.54) is 18.5 Å². The maximum atomic E-state index is 6.21. The molecule has 2 rings (SSSR count). The van der Waals surface area contributed by atoms with Crippen LogP contribution in [0.15, 0.2) is 30.3 Å². The van der Waals surface area contributed by atoms with Gasteiger partial charge in [0.1, 0.15) is 0 Å². The van der Waals surface area contributed by atoms with Crippen molar-refractivity contribution >= 4 is 5.69 Å². The number of likely N-dealkylation sites (N-methyl/N-ethyl adjacent to an activating group) is 1. The van der Waals surface area contributed by atoms with E-state index < -0.39 is 0 Å².